The average molecular weight is 569 g/mol. The van der Waals surface area contributed by atoms with E-state index < -0.39 is 0 Å². The summed E-state index contributed by atoms with van der Waals surface area (Å²) in [5.74, 6) is 0. The Labute approximate surface area is 238 Å². The Kier molecular flexibility index (Phi) is 35.3. The molecule has 0 rings (SSSR count). The van der Waals surface area contributed by atoms with Crippen LogP contribution in [0.25, 0.3) is 0 Å². The summed E-state index contributed by atoms with van der Waals surface area (Å²) in [6.07, 6.45) is 7.94. The summed E-state index contributed by atoms with van der Waals surface area (Å²) in [5.41, 5.74) is 0. The largest absolute Gasteiger partial charge is 0.379 e. The molecule has 0 bridgehead atoms. The van der Waals surface area contributed by atoms with Crippen LogP contribution in [-0.2, 0) is 47.4 Å². The third-order valence-corrected chi connectivity index (χ3v) is 5.30. The van der Waals surface area contributed by atoms with Gasteiger partial charge in [0.2, 0.25) is 0 Å². The topological polar surface area (TPSA) is 92.3 Å². The molecule has 10 nitrogen and oxygen atoms in total. The van der Waals surface area contributed by atoms with E-state index in [1.165, 1.54) is 32.1 Å². The molecule has 0 aromatic heterocycles. The van der Waals surface area contributed by atoms with Crippen molar-refractivity contribution in [3.63, 3.8) is 0 Å². The molecule has 236 valence electrons. The zero-order valence-electron chi connectivity index (χ0n) is 25.3. The fourth-order valence-corrected chi connectivity index (χ4v) is 3.19. The predicted molar refractivity (Wildman–Crippen MR) is 152 cm³/mol. The molecule has 0 aliphatic heterocycles. The van der Waals surface area contributed by atoms with Gasteiger partial charge in [0.05, 0.1) is 125 Å². The molecule has 0 aromatic carbocycles. The van der Waals surface area contributed by atoms with Crippen LogP contribution in [-0.4, -0.2) is 132 Å². The van der Waals surface area contributed by atoms with Gasteiger partial charge in [0.25, 0.3) is 0 Å². The lowest BCUT2D eigenvalue weighted by atomic mass is 10.1. The fourth-order valence-electron chi connectivity index (χ4n) is 3.19. The van der Waals surface area contributed by atoms with E-state index in [2.05, 4.69) is 6.92 Å². The van der Waals surface area contributed by atoms with Crippen molar-refractivity contribution in [2.24, 2.45) is 0 Å². The maximum Gasteiger partial charge on any atom is 0.0703 e. The number of ether oxygens (including phenoxy) is 10. The van der Waals surface area contributed by atoms with E-state index in [0.29, 0.717) is 119 Å². The first-order valence-corrected chi connectivity index (χ1v) is 15.1. The number of hydrogen-bond donors (Lipinski definition) is 0. The molecule has 0 atom stereocenters. The second-order valence-corrected chi connectivity index (χ2v) is 9.20. The molecule has 0 N–H and O–H groups in total. The van der Waals surface area contributed by atoms with Gasteiger partial charge in [0.15, 0.2) is 0 Å². The van der Waals surface area contributed by atoms with Gasteiger partial charge in [-0.3, -0.25) is 0 Å². The van der Waals surface area contributed by atoms with Crippen molar-refractivity contribution in [2.45, 2.75) is 65.4 Å². The van der Waals surface area contributed by atoms with Crippen molar-refractivity contribution in [1.82, 2.24) is 0 Å². The molecule has 0 saturated carbocycles. The third kappa shape index (κ3) is 37.6. The van der Waals surface area contributed by atoms with E-state index in [1.54, 1.807) is 0 Å². The van der Waals surface area contributed by atoms with Crippen LogP contribution in [0.2, 0.25) is 0 Å². The van der Waals surface area contributed by atoms with Crippen LogP contribution < -0.4 is 0 Å². The van der Waals surface area contributed by atoms with Gasteiger partial charge < -0.3 is 47.4 Å². The van der Waals surface area contributed by atoms with E-state index in [1.807, 2.05) is 13.8 Å². The molecule has 0 radical (unpaired) electrons. The molecule has 0 amide bonds. The lowest BCUT2D eigenvalue weighted by Gasteiger charge is -2.09. The molecule has 0 spiro atoms. The Morgan fingerprint density at radius 3 is 0.872 bits per heavy atom. The Balaban J connectivity index is 3.02. The lowest BCUT2D eigenvalue weighted by Crippen LogP contribution is -2.15. The normalized spacial score (nSPS) is 11.7. The van der Waals surface area contributed by atoms with Crippen molar-refractivity contribution in [1.29, 1.82) is 0 Å². The highest BCUT2D eigenvalue weighted by Gasteiger charge is 1.97. The SMILES string of the molecule is CCCCCCCCOCCOCCOCCOCCOCCOCCOCCOCCOCCOC(C)C. The molecule has 0 unspecified atom stereocenters. The number of unbranched alkanes of at least 4 members (excludes halogenated alkanes) is 5. The van der Waals surface area contributed by atoms with Crippen LogP contribution in [0.4, 0.5) is 0 Å². The molecular formula is C29H60O10. The van der Waals surface area contributed by atoms with Gasteiger partial charge in [-0.05, 0) is 20.3 Å². The van der Waals surface area contributed by atoms with Crippen LogP contribution in [0.3, 0.4) is 0 Å². The van der Waals surface area contributed by atoms with Crippen molar-refractivity contribution in [2.75, 3.05) is 126 Å². The first-order chi connectivity index (χ1) is 19.3. The van der Waals surface area contributed by atoms with Crippen molar-refractivity contribution in [3.8, 4) is 0 Å². The Morgan fingerprint density at radius 1 is 0.308 bits per heavy atom. The summed E-state index contributed by atoms with van der Waals surface area (Å²) < 4.78 is 54.7. The summed E-state index contributed by atoms with van der Waals surface area (Å²) >= 11 is 0. The summed E-state index contributed by atoms with van der Waals surface area (Å²) in [7, 11) is 0. The molecule has 0 fully saturated rings. The van der Waals surface area contributed by atoms with Crippen LogP contribution in [0, 0.1) is 0 Å². The van der Waals surface area contributed by atoms with E-state index in [4.69, 9.17) is 47.4 Å². The number of hydrogen-bond acceptors (Lipinski definition) is 10. The standard InChI is InChI=1S/C29H60O10/c1-4-5-6-7-8-9-10-30-11-12-31-13-14-32-15-16-33-17-18-34-19-20-35-21-22-36-23-24-37-25-26-38-27-28-39-29(2)3/h29H,4-28H2,1-3H3. The minimum atomic E-state index is 0.238. The first kappa shape index (κ1) is 38.6. The molecule has 0 aliphatic carbocycles. The van der Waals surface area contributed by atoms with E-state index in [9.17, 15) is 0 Å². The zero-order valence-corrected chi connectivity index (χ0v) is 25.3. The third-order valence-electron chi connectivity index (χ3n) is 5.30. The second-order valence-electron chi connectivity index (χ2n) is 9.20. The van der Waals surface area contributed by atoms with Crippen molar-refractivity contribution >= 4 is 0 Å². The average Bonchev–Trinajstić information content (AvgIpc) is 2.93. The maximum absolute atomic E-state index is 5.58. The van der Waals surface area contributed by atoms with Gasteiger partial charge in [-0.15, -0.1) is 0 Å². The van der Waals surface area contributed by atoms with E-state index in [-0.39, 0.29) is 6.10 Å². The monoisotopic (exact) mass is 568 g/mol. The highest BCUT2D eigenvalue weighted by atomic mass is 16.6. The highest BCUT2D eigenvalue weighted by Crippen LogP contribution is 2.04. The Morgan fingerprint density at radius 2 is 0.564 bits per heavy atom. The molecule has 39 heavy (non-hydrogen) atoms. The summed E-state index contributed by atoms with van der Waals surface area (Å²) in [6, 6.07) is 0. The predicted octanol–water partition coefficient (Wildman–Crippen LogP) is 3.92. The van der Waals surface area contributed by atoms with E-state index >= 15 is 0 Å². The lowest BCUT2D eigenvalue weighted by molar-refractivity contribution is -0.0279. The summed E-state index contributed by atoms with van der Waals surface area (Å²) in [5, 5.41) is 0. The Bertz CT molecular complexity index is 429. The van der Waals surface area contributed by atoms with Crippen molar-refractivity contribution in [3.05, 3.63) is 0 Å². The fraction of sp³-hybridized carbons (Fsp3) is 1.00. The van der Waals surface area contributed by atoms with Gasteiger partial charge in [0, 0.05) is 6.61 Å². The first-order valence-electron chi connectivity index (χ1n) is 15.1. The van der Waals surface area contributed by atoms with Crippen LogP contribution >= 0.6 is 0 Å². The van der Waals surface area contributed by atoms with Gasteiger partial charge in [0.1, 0.15) is 0 Å². The minimum absolute atomic E-state index is 0.238. The smallest absolute Gasteiger partial charge is 0.0703 e. The number of rotatable bonds is 35. The molecule has 0 aromatic rings. The van der Waals surface area contributed by atoms with Crippen molar-refractivity contribution < 1.29 is 47.4 Å². The van der Waals surface area contributed by atoms with Crippen LogP contribution in [0.5, 0.6) is 0 Å². The van der Waals surface area contributed by atoms with E-state index in [0.717, 1.165) is 13.0 Å². The quantitative estimate of drug-likeness (QED) is 0.105. The molecule has 10 heteroatoms. The van der Waals surface area contributed by atoms with Gasteiger partial charge in [-0.2, -0.15) is 0 Å². The maximum atomic E-state index is 5.58. The minimum Gasteiger partial charge on any atom is -0.379 e. The molecule has 0 saturated heterocycles. The second kappa shape index (κ2) is 35.6. The summed E-state index contributed by atoms with van der Waals surface area (Å²) in [4.78, 5) is 0. The van der Waals surface area contributed by atoms with Crippen LogP contribution in [0.15, 0.2) is 0 Å². The molecule has 0 heterocycles. The van der Waals surface area contributed by atoms with Crippen LogP contribution in [0.1, 0.15) is 59.3 Å². The molecule has 0 aliphatic rings. The van der Waals surface area contributed by atoms with Gasteiger partial charge in [-0.1, -0.05) is 39.0 Å². The van der Waals surface area contributed by atoms with Gasteiger partial charge >= 0.3 is 0 Å². The zero-order chi connectivity index (χ0) is 28.3. The van der Waals surface area contributed by atoms with Gasteiger partial charge in [-0.25, -0.2) is 0 Å². The molecular weight excluding hydrogens is 508 g/mol. The summed E-state index contributed by atoms with van der Waals surface area (Å²) in [6.45, 7) is 17.2. The Hall–Kier alpha value is -0.400. The highest BCUT2D eigenvalue weighted by molar-refractivity contribution is 4.44.